The van der Waals surface area contributed by atoms with Crippen LogP contribution in [0.2, 0.25) is 0 Å². The zero-order valence-corrected chi connectivity index (χ0v) is 12.0. The number of aryl methyl sites for hydroxylation is 1. The summed E-state index contributed by atoms with van der Waals surface area (Å²) in [5, 5.41) is 11.5. The summed E-state index contributed by atoms with van der Waals surface area (Å²) in [4.78, 5) is 11.5. The molecule has 0 aliphatic rings. The van der Waals surface area contributed by atoms with E-state index in [1.54, 1.807) is 12.1 Å². The van der Waals surface area contributed by atoms with Crippen LogP contribution in [0.3, 0.4) is 0 Å². The third kappa shape index (κ3) is 2.33. The lowest BCUT2D eigenvalue weighted by atomic mass is 10.0. The van der Waals surface area contributed by atoms with E-state index in [-0.39, 0.29) is 5.75 Å². The molecule has 0 saturated carbocycles. The van der Waals surface area contributed by atoms with Crippen molar-refractivity contribution in [3.63, 3.8) is 0 Å². The SMILES string of the molecule is CC(C)=CCCc1c2occc2c(O)c2ccc(=O)oc12. The number of rotatable bonds is 3. The molecule has 108 valence electrons. The number of phenols is 1. The second-order valence-corrected chi connectivity index (χ2v) is 5.31. The van der Waals surface area contributed by atoms with Gasteiger partial charge >= 0.3 is 5.63 Å². The number of furan rings is 1. The lowest BCUT2D eigenvalue weighted by molar-refractivity contribution is 0.484. The van der Waals surface area contributed by atoms with Gasteiger partial charge < -0.3 is 13.9 Å². The van der Waals surface area contributed by atoms with Crippen LogP contribution in [0, 0.1) is 0 Å². The molecule has 2 aromatic heterocycles. The third-order valence-electron chi connectivity index (χ3n) is 3.50. The number of phenolic OH excluding ortho intramolecular Hbond substituents is 1. The predicted octanol–water partition coefficient (Wildman–Crippen LogP) is 4.14. The fraction of sp³-hybridized carbons (Fsp3) is 0.235. The summed E-state index contributed by atoms with van der Waals surface area (Å²) in [5.41, 5.74) is 2.60. The Morgan fingerprint density at radius 1 is 1.19 bits per heavy atom. The molecule has 21 heavy (non-hydrogen) atoms. The van der Waals surface area contributed by atoms with Gasteiger partial charge in [0.1, 0.15) is 16.9 Å². The molecule has 0 atom stereocenters. The van der Waals surface area contributed by atoms with Gasteiger partial charge in [-0.1, -0.05) is 11.6 Å². The quantitative estimate of drug-likeness (QED) is 0.580. The highest BCUT2D eigenvalue weighted by molar-refractivity contribution is 6.03. The Balaban J connectivity index is 2.28. The summed E-state index contributed by atoms with van der Waals surface area (Å²) in [6.45, 7) is 4.08. The van der Waals surface area contributed by atoms with E-state index in [1.165, 1.54) is 17.9 Å². The minimum Gasteiger partial charge on any atom is -0.506 e. The molecule has 3 aromatic rings. The Kier molecular flexibility index (Phi) is 3.29. The van der Waals surface area contributed by atoms with Crippen molar-refractivity contribution in [2.24, 2.45) is 0 Å². The van der Waals surface area contributed by atoms with Gasteiger partial charge in [-0.15, -0.1) is 0 Å². The van der Waals surface area contributed by atoms with Gasteiger partial charge in [-0.3, -0.25) is 0 Å². The lowest BCUT2D eigenvalue weighted by Gasteiger charge is -2.07. The maximum Gasteiger partial charge on any atom is 0.336 e. The maximum absolute atomic E-state index is 11.5. The van der Waals surface area contributed by atoms with Crippen LogP contribution < -0.4 is 5.63 Å². The van der Waals surface area contributed by atoms with E-state index in [0.717, 1.165) is 12.0 Å². The van der Waals surface area contributed by atoms with Crippen LogP contribution in [0.4, 0.5) is 0 Å². The van der Waals surface area contributed by atoms with E-state index in [2.05, 4.69) is 6.08 Å². The molecular weight excluding hydrogens is 268 g/mol. The van der Waals surface area contributed by atoms with E-state index in [0.29, 0.717) is 28.4 Å². The molecule has 0 aliphatic carbocycles. The van der Waals surface area contributed by atoms with Crippen molar-refractivity contribution in [3.05, 3.63) is 52.1 Å². The van der Waals surface area contributed by atoms with Gasteiger partial charge in [0.2, 0.25) is 0 Å². The van der Waals surface area contributed by atoms with E-state index in [9.17, 15) is 9.90 Å². The Morgan fingerprint density at radius 3 is 2.71 bits per heavy atom. The molecule has 4 nitrogen and oxygen atoms in total. The van der Waals surface area contributed by atoms with E-state index >= 15 is 0 Å². The second-order valence-electron chi connectivity index (χ2n) is 5.31. The summed E-state index contributed by atoms with van der Waals surface area (Å²) in [7, 11) is 0. The van der Waals surface area contributed by atoms with Crippen LogP contribution >= 0.6 is 0 Å². The van der Waals surface area contributed by atoms with Crippen molar-refractivity contribution in [1.82, 2.24) is 0 Å². The van der Waals surface area contributed by atoms with E-state index in [1.807, 2.05) is 13.8 Å². The highest BCUT2D eigenvalue weighted by Crippen LogP contribution is 2.38. The summed E-state index contributed by atoms with van der Waals surface area (Å²) < 4.78 is 10.8. The Labute approximate surface area is 121 Å². The van der Waals surface area contributed by atoms with Crippen molar-refractivity contribution in [2.75, 3.05) is 0 Å². The molecule has 0 spiro atoms. The first-order valence-electron chi connectivity index (χ1n) is 6.86. The Hall–Kier alpha value is -2.49. The molecule has 0 saturated heterocycles. The fourth-order valence-corrected chi connectivity index (χ4v) is 2.54. The molecule has 0 fully saturated rings. The molecule has 1 aromatic carbocycles. The van der Waals surface area contributed by atoms with Crippen molar-refractivity contribution < 1.29 is 13.9 Å². The van der Waals surface area contributed by atoms with Crippen LogP contribution in [0.1, 0.15) is 25.8 Å². The average molecular weight is 284 g/mol. The van der Waals surface area contributed by atoms with Gasteiger partial charge in [-0.25, -0.2) is 4.79 Å². The van der Waals surface area contributed by atoms with Crippen molar-refractivity contribution in [3.8, 4) is 5.75 Å². The highest BCUT2D eigenvalue weighted by Gasteiger charge is 2.17. The predicted molar refractivity (Wildman–Crippen MR) is 81.7 cm³/mol. The van der Waals surface area contributed by atoms with Crippen LogP contribution in [0.25, 0.3) is 21.9 Å². The van der Waals surface area contributed by atoms with Gasteiger partial charge in [0.15, 0.2) is 0 Å². The average Bonchev–Trinajstić information content (AvgIpc) is 2.91. The van der Waals surface area contributed by atoms with Crippen LogP contribution in [0.5, 0.6) is 5.75 Å². The molecule has 0 aliphatic heterocycles. The number of allylic oxidation sites excluding steroid dienone is 2. The summed E-state index contributed by atoms with van der Waals surface area (Å²) >= 11 is 0. The third-order valence-corrected chi connectivity index (χ3v) is 3.50. The fourth-order valence-electron chi connectivity index (χ4n) is 2.54. The molecule has 1 N–H and O–H groups in total. The first-order chi connectivity index (χ1) is 10.1. The van der Waals surface area contributed by atoms with Crippen LogP contribution in [-0.2, 0) is 6.42 Å². The molecule has 3 rings (SSSR count). The number of hydrogen-bond acceptors (Lipinski definition) is 4. The van der Waals surface area contributed by atoms with Gasteiger partial charge in [0.05, 0.1) is 17.0 Å². The standard InChI is InChI=1S/C17H16O4/c1-10(2)4-3-5-13-16-12(8-9-20-16)15(19)11-6-7-14(18)21-17(11)13/h4,6-9,19H,3,5H2,1-2H3. The smallest absolute Gasteiger partial charge is 0.336 e. The monoisotopic (exact) mass is 284 g/mol. The maximum atomic E-state index is 11.5. The number of aromatic hydroxyl groups is 1. The zero-order valence-electron chi connectivity index (χ0n) is 12.0. The topological polar surface area (TPSA) is 63.6 Å². The first-order valence-corrected chi connectivity index (χ1v) is 6.86. The molecule has 0 unspecified atom stereocenters. The number of fused-ring (bicyclic) bond motifs is 2. The van der Waals surface area contributed by atoms with Crippen molar-refractivity contribution in [2.45, 2.75) is 26.7 Å². The summed E-state index contributed by atoms with van der Waals surface area (Å²) in [5.74, 6) is 0.0865. The summed E-state index contributed by atoms with van der Waals surface area (Å²) in [6, 6.07) is 4.63. The van der Waals surface area contributed by atoms with Gasteiger partial charge in [0, 0.05) is 11.6 Å². The Bertz CT molecular complexity index is 892. The highest BCUT2D eigenvalue weighted by atomic mass is 16.4. The van der Waals surface area contributed by atoms with Crippen molar-refractivity contribution >= 4 is 21.9 Å². The number of hydrogen-bond donors (Lipinski definition) is 1. The molecule has 2 heterocycles. The van der Waals surface area contributed by atoms with E-state index < -0.39 is 5.63 Å². The van der Waals surface area contributed by atoms with Gasteiger partial charge in [-0.05, 0) is 38.8 Å². The largest absolute Gasteiger partial charge is 0.506 e. The normalized spacial score (nSPS) is 11.1. The minimum absolute atomic E-state index is 0.0865. The van der Waals surface area contributed by atoms with Gasteiger partial charge in [0.25, 0.3) is 0 Å². The summed E-state index contributed by atoms with van der Waals surface area (Å²) in [6.07, 6.45) is 5.15. The number of benzene rings is 1. The second kappa shape index (κ2) is 5.13. The molecular formula is C17H16O4. The Morgan fingerprint density at radius 2 is 1.95 bits per heavy atom. The van der Waals surface area contributed by atoms with Crippen LogP contribution in [-0.4, -0.2) is 5.11 Å². The van der Waals surface area contributed by atoms with Crippen LogP contribution in [0.15, 0.2) is 49.7 Å². The molecule has 0 radical (unpaired) electrons. The molecule has 0 amide bonds. The first kappa shape index (κ1) is 13.5. The van der Waals surface area contributed by atoms with Crippen molar-refractivity contribution in [1.29, 1.82) is 0 Å². The minimum atomic E-state index is -0.434. The zero-order chi connectivity index (χ0) is 15.0. The van der Waals surface area contributed by atoms with Gasteiger partial charge in [-0.2, -0.15) is 0 Å². The van der Waals surface area contributed by atoms with E-state index in [4.69, 9.17) is 8.83 Å². The molecule has 0 bridgehead atoms. The molecule has 4 heteroatoms. The lowest BCUT2D eigenvalue weighted by Crippen LogP contribution is -1.98.